The summed E-state index contributed by atoms with van der Waals surface area (Å²) in [6.45, 7) is -0.595. The van der Waals surface area contributed by atoms with Crippen LogP contribution in [0.1, 0.15) is 11.1 Å². The minimum atomic E-state index is -0.595. The van der Waals surface area contributed by atoms with E-state index >= 15 is 0 Å². The first-order chi connectivity index (χ1) is 5.29. The van der Waals surface area contributed by atoms with Crippen molar-refractivity contribution in [1.82, 2.24) is 0 Å². The summed E-state index contributed by atoms with van der Waals surface area (Å²) < 4.78 is 12.8. The van der Waals surface area contributed by atoms with Gasteiger partial charge < -0.3 is 0 Å². The van der Waals surface area contributed by atoms with Gasteiger partial charge in [-0.3, -0.25) is 0 Å². The van der Waals surface area contributed by atoms with Gasteiger partial charge in [-0.1, -0.05) is 12.1 Å². The van der Waals surface area contributed by atoms with E-state index in [0.29, 0.717) is 15.6 Å². The van der Waals surface area contributed by atoms with E-state index in [1.807, 2.05) is 6.07 Å². The maximum atomic E-state index is 12.2. The zero-order valence-electron chi connectivity index (χ0n) is 5.64. The van der Waals surface area contributed by atoms with Crippen molar-refractivity contribution >= 4 is 15.9 Å². The molecule has 1 aromatic carbocycles. The first-order valence-corrected chi connectivity index (χ1v) is 3.82. The third kappa shape index (κ3) is 1.58. The van der Waals surface area contributed by atoms with Crippen molar-refractivity contribution in [2.24, 2.45) is 0 Å². The fourth-order valence-electron chi connectivity index (χ4n) is 0.805. The summed E-state index contributed by atoms with van der Waals surface area (Å²) in [5.41, 5.74) is 0.817. The Hall–Kier alpha value is -0.880. The van der Waals surface area contributed by atoms with E-state index in [1.54, 1.807) is 18.2 Å². The molecule has 1 nitrogen and oxygen atoms in total. The van der Waals surface area contributed by atoms with Crippen LogP contribution in [0.25, 0.3) is 0 Å². The van der Waals surface area contributed by atoms with Gasteiger partial charge in [-0.15, -0.1) is 0 Å². The topological polar surface area (TPSA) is 23.8 Å². The number of nitriles is 1. The van der Waals surface area contributed by atoms with E-state index < -0.39 is 6.67 Å². The van der Waals surface area contributed by atoms with Crippen LogP contribution < -0.4 is 0 Å². The molecule has 0 radical (unpaired) electrons. The van der Waals surface area contributed by atoms with Crippen LogP contribution in [0.2, 0.25) is 0 Å². The molecule has 0 bridgehead atoms. The average molecular weight is 214 g/mol. The normalized spacial score (nSPS) is 9.18. The molecule has 0 spiro atoms. The van der Waals surface area contributed by atoms with Gasteiger partial charge in [0.05, 0.1) is 5.56 Å². The van der Waals surface area contributed by atoms with Gasteiger partial charge in [0.2, 0.25) is 0 Å². The molecule has 0 heterocycles. The number of nitrogens with zero attached hydrogens (tertiary/aromatic N) is 1. The predicted octanol–water partition coefficient (Wildman–Crippen LogP) is 2.79. The maximum absolute atomic E-state index is 12.2. The van der Waals surface area contributed by atoms with E-state index in [1.165, 1.54) is 0 Å². The fraction of sp³-hybridized carbons (Fsp3) is 0.125. The molecule has 1 rings (SSSR count). The quantitative estimate of drug-likeness (QED) is 0.704. The Balaban J connectivity index is 3.27. The highest BCUT2D eigenvalue weighted by Crippen LogP contribution is 2.19. The Morgan fingerprint density at radius 1 is 1.55 bits per heavy atom. The Morgan fingerprint density at radius 2 is 2.27 bits per heavy atom. The number of hydrogen-bond acceptors (Lipinski definition) is 1. The van der Waals surface area contributed by atoms with E-state index in [-0.39, 0.29) is 0 Å². The average Bonchev–Trinajstić information content (AvgIpc) is 2.04. The molecule has 0 fully saturated rings. The first-order valence-electron chi connectivity index (χ1n) is 3.03. The van der Waals surface area contributed by atoms with Crippen molar-refractivity contribution in [3.05, 3.63) is 33.8 Å². The van der Waals surface area contributed by atoms with E-state index in [9.17, 15) is 4.39 Å². The second-order valence-corrected chi connectivity index (χ2v) is 2.87. The highest BCUT2D eigenvalue weighted by molar-refractivity contribution is 9.10. The summed E-state index contributed by atoms with van der Waals surface area (Å²) in [5.74, 6) is 0. The predicted molar refractivity (Wildman–Crippen MR) is 43.7 cm³/mol. The Bertz CT molecular complexity index is 303. The molecule has 0 aliphatic carbocycles. The van der Waals surface area contributed by atoms with Crippen LogP contribution in [-0.2, 0) is 6.67 Å². The minimum absolute atomic E-state index is 0.384. The number of rotatable bonds is 1. The second-order valence-electron chi connectivity index (χ2n) is 2.02. The van der Waals surface area contributed by atoms with Crippen LogP contribution in [-0.4, -0.2) is 0 Å². The molecule has 0 aromatic heterocycles. The van der Waals surface area contributed by atoms with Crippen molar-refractivity contribution in [3.63, 3.8) is 0 Å². The summed E-state index contributed by atoms with van der Waals surface area (Å²) >= 11 is 3.16. The van der Waals surface area contributed by atoms with Crippen LogP contribution in [0, 0.1) is 11.3 Å². The number of alkyl halides is 1. The molecule has 0 N–H and O–H groups in total. The van der Waals surface area contributed by atoms with Gasteiger partial charge in [-0.2, -0.15) is 5.26 Å². The molecule has 0 saturated carbocycles. The minimum Gasteiger partial charge on any atom is -0.246 e. The van der Waals surface area contributed by atoms with Gasteiger partial charge in [-0.05, 0) is 22.0 Å². The van der Waals surface area contributed by atoms with E-state index in [2.05, 4.69) is 15.9 Å². The molecule has 0 amide bonds. The zero-order valence-corrected chi connectivity index (χ0v) is 7.23. The largest absolute Gasteiger partial charge is 0.246 e. The van der Waals surface area contributed by atoms with Gasteiger partial charge in [0.15, 0.2) is 0 Å². The summed E-state index contributed by atoms with van der Waals surface area (Å²) in [4.78, 5) is 0. The number of hydrogen-bond donors (Lipinski definition) is 0. The molecular formula is C8H5BrFN. The third-order valence-corrected chi connectivity index (χ3v) is 2.02. The van der Waals surface area contributed by atoms with Crippen molar-refractivity contribution in [1.29, 1.82) is 5.26 Å². The smallest absolute Gasteiger partial charge is 0.116 e. The highest BCUT2D eigenvalue weighted by Gasteiger charge is 2.03. The summed E-state index contributed by atoms with van der Waals surface area (Å²) in [7, 11) is 0. The van der Waals surface area contributed by atoms with Gasteiger partial charge in [0, 0.05) is 10.0 Å². The molecule has 0 unspecified atom stereocenters. The number of benzene rings is 1. The molecule has 56 valence electrons. The van der Waals surface area contributed by atoms with Gasteiger partial charge >= 0.3 is 0 Å². The van der Waals surface area contributed by atoms with Crippen LogP contribution in [0.4, 0.5) is 4.39 Å². The van der Waals surface area contributed by atoms with Crippen molar-refractivity contribution in [3.8, 4) is 6.07 Å². The van der Waals surface area contributed by atoms with Gasteiger partial charge in [-0.25, -0.2) is 4.39 Å². The summed E-state index contributed by atoms with van der Waals surface area (Å²) in [6, 6.07) is 6.96. The van der Waals surface area contributed by atoms with Gasteiger partial charge in [0.1, 0.15) is 12.7 Å². The third-order valence-electron chi connectivity index (χ3n) is 1.36. The summed E-state index contributed by atoms with van der Waals surface area (Å²) in [5, 5.41) is 8.58. The molecule has 3 heteroatoms. The van der Waals surface area contributed by atoms with Crippen LogP contribution >= 0.6 is 15.9 Å². The maximum Gasteiger partial charge on any atom is 0.116 e. The van der Waals surface area contributed by atoms with E-state index in [4.69, 9.17) is 5.26 Å². The van der Waals surface area contributed by atoms with Crippen molar-refractivity contribution in [2.45, 2.75) is 6.67 Å². The molecule has 0 saturated heterocycles. The van der Waals surface area contributed by atoms with Crippen LogP contribution in [0.15, 0.2) is 22.7 Å². The molecule has 1 aromatic rings. The monoisotopic (exact) mass is 213 g/mol. The van der Waals surface area contributed by atoms with Crippen LogP contribution in [0.3, 0.4) is 0 Å². The Morgan fingerprint density at radius 3 is 2.73 bits per heavy atom. The fourth-order valence-corrected chi connectivity index (χ4v) is 1.30. The standard InChI is InChI=1S/C8H5BrFN/c9-8-3-1-2-6(4-10)7(8)5-11/h1-3H,4H2. The zero-order chi connectivity index (χ0) is 8.27. The molecule has 0 atom stereocenters. The lowest BCUT2D eigenvalue weighted by atomic mass is 10.1. The van der Waals surface area contributed by atoms with Crippen molar-refractivity contribution < 1.29 is 4.39 Å². The highest BCUT2D eigenvalue weighted by atomic mass is 79.9. The molecule has 11 heavy (non-hydrogen) atoms. The lowest BCUT2D eigenvalue weighted by molar-refractivity contribution is 0.484. The SMILES string of the molecule is N#Cc1c(Br)cccc1CF. The number of halogens is 2. The molecule has 0 aliphatic heterocycles. The Labute approximate surface area is 72.6 Å². The second kappa shape index (κ2) is 3.49. The molecule has 0 aliphatic rings. The van der Waals surface area contributed by atoms with Crippen molar-refractivity contribution in [2.75, 3.05) is 0 Å². The van der Waals surface area contributed by atoms with Gasteiger partial charge in [0.25, 0.3) is 0 Å². The van der Waals surface area contributed by atoms with E-state index in [0.717, 1.165) is 0 Å². The lowest BCUT2D eigenvalue weighted by Gasteiger charge is -1.98. The Kier molecular flexibility index (Phi) is 2.61. The molecular weight excluding hydrogens is 209 g/mol. The summed E-state index contributed by atoms with van der Waals surface area (Å²) in [6.07, 6.45) is 0. The lowest BCUT2D eigenvalue weighted by Crippen LogP contribution is -1.86. The van der Waals surface area contributed by atoms with Crippen LogP contribution in [0.5, 0.6) is 0 Å². The first kappa shape index (κ1) is 8.22.